The first-order valence-corrected chi connectivity index (χ1v) is 88.8. The van der Waals surface area contributed by atoms with E-state index in [1.165, 1.54) is 126 Å². The molecule has 0 unspecified atom stereocenters. The normalized spacial score (nSPS) is 15.5. The molecule has 0 atom stereocenters. The maximum Gasteiger partial charge on any atom is -0.0187 e. The molecule has 0 aromatic heterocycles. The fourth-order valence-corrected chi connectivity index (χ4v) is 41.1. The number of hydrogen-bond acceptors (Lipinski definition) is 20. The van der Waals surface area contributed by atoms with Crippen LogP contribution in [0.4, 0.5) is 0 Å². The van der Waals surface area contributed by atoms with Gasteiger partial charge < -0.3 is 39.2 Å². The van der Waals surface area contributed by atoms with Crippen molar-refractivity contribution in [2.24, 2.45) is 0 Å². The maximum atomic E-state index is 13.2. The van der Waals surface area contributed by atoms with Gasteiger partial charge in [0.15, 0.2) is 0 Å². The van der Waals surface area contributed by atoms with E-state index in [1.807, 2.05) is 147 Å². The van der Waals surface area contributed by atoms with Crippen molar-refractivity contribution in [3.8, 4) is 23.0 Å². The molecule has 4 saturated heterocycles. The Kier molecular flexibility index (Phi) is 66.7. The summed E-state index contributed by atoms with van der Waals surface area (Å²) >= 11 is -8.44. The number of aryl methyl sites for hydroxylation is 4. The van der Waals surface area contributed by atoms with Crippen molar-refractivity contribution < 1.29 is 111 Å². The third kappa shape index (κ3) is 63.3. The summed E-state index contributed by atoms with van der Waals surface area (Å²) in [7, 11) is 58.4. The van der Waals surface area contributed by atoms with Gasteiger partial charge in [0.1, 0.15) is 0 Å². The fourth-order valence-electron chi connectivity index (χ4n) is 17.4. The monoisotopic (exact) mass is 2560 g/mol. The molecule has 141 heavy (non-hydrogen) atoms. The molecule has 0 saturated carbocycles. The van der Waals surface area contributed by atoms with Crippen LogP contribution in [0, 0.1) is 26.7 Å². The SMILES string of the molecule is CC(C)Oc1ccc(CCC(=O)OCCC[Si](C)(C)CCC[Si](CCC[Si](C)(C)CCCOC(=O)CCc2ccc(OC(C)C)c([CH]=[Ru]([Cl])[Cl])c2)(CCC[Si](C)(C)CCCOC(=O)CCc2ccc(OC(C)C)c([CH]=[Ru]([Cl])[Cl])c2)CCC[Si](C)(C)CCCOC(=O)CCc2ccc(OC(C)C)c([CH]=[Ru]([Cl])[Cl])c2)cc1[CH]=[Ru]([Cl])[Cl].CN1[CH-]N(C)CC1.CN1[CH-]N(C)CC1.CN1[CH-]N(C)CC1.CN1[CH-]N(C)CC1. The summed E-state index contributed by atoms with van der Waals surface area (Å²) in [6.07, 6.45) is 11.8. The van der Waals surface area contributed by atoms with Crippen LogP contribution in [0.25, 0.3) is 0 Å². The van der Waals surface area contributed by atoms with Crippen molar-refractivity contribution >= 4 is 160 Å². The van der Waals surface area contributed by atoms with Gasteiger partial charge in [-0.3, -0.25) is 0 Å². The van der Waals surface area contributed by atoms with Gasteiger partial charge in [0, 0.05) is 0 Å². The predicted molar refractivity (Wildman–Crippen MR) is 602 cm³/mol. The molecule has 20 nitrogen and oxygen atoms in total. The van der Waals surface area contributed by atoms with Crippen LogP contribution in [0.3, 0.4) is 0 Å². The molecule has 8 rings (SSSR count). The topological polar surface area (TPSA) is 168 Å². The third-order valence-electron chi connectivity index (χ3n) is 25.1. The van der Waals surface area contributed by atoms with Crippen LogP contribution in [0.15, 0.2) is 72.8 Å². The standard InChI is InChI=1S/C84H132O12Si5.4C5H11N2.8ClH.4Ru/c1-65(2)93-77-37-29-73(61-69(77)9)33-41-81(85)89-45-21-49-97(13,14)53-25-57-101(58-26-54-98(15,16)50-22-46-90-82(86)42-34-74-30-38-78(70(10)62-74)94-66(3)4,59-27-55-99(17,18)51-23-47-91-83(87)43-35-75-31-39-79(71(11)63-75)95-67(5)6)60-28-56-100(19,20)52-24-48-92-84(88)44-36-76-32-40-80(72(12)64-76)96-68(7)8;4*1-6-3-4-7(2)5-6;;;;;;;;;;;;/h9-12,29-32,37-40,61-68H,21-28,33-36,41-60H2,1-8,13-20H3;4*5H,3-4H2,1-2H3;8*1H;;;;/q;4*-1;;;;;;;;;4*+2/p-8. The molecular formula is C104H176Cl8N8O12Ru4Si5-4. The summed E-state index contributed by atoms with van der Waals surface area (Å²) in [5.74, 6) is 2.23. The number of hydrogen-bond donors (Lipinski definition) is 0. The molecule has 4 aromatic carbocycles. The molecule has 816 valence electrons. The number of benzene rings is 4. The van der Waals surface area contributed by atoms with E-state index in [-0.39, 0.29) is 48.3 Å². The smallest absolute Gasteiger partial charge is 0.0187 e. The van der Waals surface area contributed by atoms with Crippen LogP contribution in [0.2, 0.25) is 125 Å². The molecule has 0 amide bonds. The van der Waals surface area contributed by atoms with Crippen LogP contribution in [-0.4, -0.2) is 281 Å². The number of likely N-dealkylation sites (N-methyl/N-ethyl adjacent to an activating group) is 8. The Labute approximate surface area is 910 Å². The number of ether oxygens (including phenoxy) is 8. The van der Waals surface area contributed by atoms with E-state index in [0.717, 1.165) is 117 Å². The summed E-state index contributed by atoms with van der Waals surface area (Å²) in [4.78, 5) is 70.4. The van der Waals surface area contributed by atoms with E-state index < -0.39 is 94.4 Å². The van der Waals surface area contributed by atoms with Gasteiger partial charge in [-0.15, -0.1) is 0 Å². The summed E-state index contributed by atoms with van der Waals surface area (Å²) in [6, 6.07) is 38.5. The zero-order valence-electron chi connectivity index (χ0n) is 89.6. The summed E-state index contributed by atoms with van der Waals surface area (Å²) in [6.45, 7) is 55.7. The predicted octanol–water partition coefficient (Wildman–Crippen LogP) is 25.5. The van der Waals surface area contributed by atoms with Crippen LogP contribution < -0.4 is 18.9 Å². The van der Waals surface area contributed by atoms with Crippen LogP contribution in [0.5, 0.6) is 23.0 Å². The minimum absolute atomic E-state index is 0.00177. The van der Waals surface area contributed by atoms with Crippen LogP contribution in [0.1, 0.15) is 177 Å². The molecule has 0 spiro atoms. The van der Waals surface area contributed by atoms with Gasteiger partial charge in [0.05, 0.1) is 8.07 Å². The number of carbonyl (C=O) groups is 4. The van der Waals surface area contributed by atoms with Gasteiger partial charge in [-0.05, 0) is 109 Å². The second-order valence-electron chi connectivity index (χ2n) is 42.6. The Bertz CT molecular complexity index is 3880. The van der Waals surface area contributed by atoms with Gasteiger partial charge >= 0.3 is 611 Å². The second kappa shape index (κ2) is 71.1. The number of rotatable bonds is 56. The number of nitrogens with zero attached hydrogens (tertiary/aromatic N) is 8. The summed E-state index contributed by atoms with van der Waals surface area (Å²) in [5.41, 5.74) is 7.53. The molecule has 4 aliphatic rings. The van der Waals surface area contributed by atoms with Gasteiger partial charge in [0.25, 0.3) is 0 Å². The quantitative estimate of drug-likeness (QED) is 0.0134. The molecule has 0 N–H and O–H groups in total. The zero-order valence-corrected chi connectivity index (χ0v) is 108. The van der Waals surface area contributed by atoms with E-state index in [0.29, 0.717) is 77.8 Å². The Morgan fingerprint density at radius 2 is 0.461 bits per heavy atom. The molecule has 4 aliphatic heterocycles. The van der Waals surface area contributed by atoms with Crippen molar-refractivity contribution in [2.75, 3.05) is 135 Å². The molecule has 0 radical (unpaired) electrons. The number of esters is 4. The van der Waals surface area contributed by atoms with Crippen molar-refractivity contribution in [3.63, 3.8) is 0 Å². The Morgan fingerprint density at radius 1 is 0.291 bits per heavy atom. The van der Waals surface area contributed by atoms with Crippen molar-refractivity contribution in [1.29, 1.82) is 0 Å². The number of halogens is 8. The van der Waals surface area contributed by atoms with Gasteiger partial charge in [-0.2, -0.15) is 0 Å². The minimum Gasteiger partial charge on any atom is -0.444 e. The third-order valence-corrected chi connectivity index (χ3v) is 51.7. The van der Waals surface area contributed by atoms with E-state index in [4.69, 9.17) is 115 Å². The molecule has 37 heteroatoms. The molecule has 4 heterocycles. The Hall–Kier alpha value is -0.982. The van der Waals surface area contributed by atoms with E-state index >= 15 is 0 Å². The van der Waals surface area contributed by atoms with Gasteiger partial charge in [-0.25, -0.2) is 26.7 Å². The van der Waals surface area contributed by atoms with Crippen molar-refractivity contribution in [2.45, 2.75) is 307 Å². The molecule has 0 bridgehead atoms. The fraction of sp³-hybridized carbons (Fsp3) is 0.654. The second-order valence-corrected chi connectivity index (χ2v) is 91.8. The first-order valence-electron chi connectivity index (χ1n) is 50.4. The van der Waals surface area contributed by atoms with Crippen molar-refractivity contribution in [1.82, 2.24) is 39.2 Å². The van der Waals surface area contributed by atoms with Gasteiger partial charge in [0.2, 0.25) is 0 Å². The van der Waals surface area contributed by atoms with E-state index in [2.05, 4.69) is 175 Å². The molecule has 4 fully saturated rings. The van der Waals surface area contributed by atoms with Crippen LogP contribution >= 0.6 is 77.5 Å². The van der Waals surface area contributed by atoms with Crippen LogP contribution in [-0.2, 0) is 118 Å². The van der Waals surface area contributed by atoms with E-state index in [1.54, 1.807) is 0 Å². The molecular weight excluding hydrogens is 2380 g/mol. The Morgan fingerprint density at radius 3 is 0.610 bits per heavy atom. The number of carbonyl (C=O) groups excluding carboxylic acids is 4. The van der Waals surface area contributed by atoms with Crippen molar-refractivity contribution in [3.05, 3.63) is 144 Å². The summed E-state index contributed by atoms with van der Waals surface area (Å²) in [5, 5.41) is 0. The molecule has 4 aromatic rings. The zero-order chi connectivity index (χ0) is 105. The average molecular weight is 2560 g/mol. The van der Waals surface area contributed by atoms with Gasteiger partial charge in [-0.1, -0.05) is 126 Å². The Balaban J connectivity index is 0.00000125. The maximum absolute atomic E-state index is 13.2. The first-order chi connectivity index (χ1) is 66.2. The average Bonchev–Trinajstić information content (AvgIpc) is 1.42. The first kappa shape index (κ1) is 132. The molecule has 0 aliphatic carbocycles. The minimum atomic E-state index is -2.11. The van der Waals surface area contributed by atoms with E-state index in [9.17, 15) is 19.2 Å². The summed E-state index contributed by atoms with van der Waals surface area (Å²) < 4.78 is 55.3. The largest absolute Gasteiger partial charge is 0.444 e.